The lowest BCUT2D eigenvalue weighted by molar-refractivity contribution is -0.121. The summed E-state index contributed by atoms with van der Waals surface area (Å²) in [6.07, 6.45) is 3.19. The smallest absolute Gasteiger partial charge is 0.282 e. The molecule has 2 aromatic rings. The molecule has 0 atom stereocenters. The zero-order chi connectivity index (χ0) is 18.7. The summed E-state index contributed by atoms with van der Waals surface area (Å²) in [5.74, 6) is -0.882. The van der Waals surface area contributed by atoms with Crippen LogP contribution in [0.25, 0.3) is 6.08 Å². The zero-order valence-corrected chi connectivity index (χ0v) is 15.8. The second-order valence-electron chi connectivity index (χ2n) is 5.13. The summed E-state index contributed by atoms with van der Waals surface area (Å²) in [7, 11) is -4.07. The quantitative estimate of drug-likeness (QED) is 0.558. The average molecular weight is 409 g/mol. The van der Waals surface area contributed by atoms with Crippen LogP contribution in [0.3, 0.4) is 0 Å². The summed E-state index contributed by atoms with van der Waals surface area (Å²) >= 11 is 2.45. The fourth-order valence-electron chi connectivity index (χ4n) is 2.13. The Morgan fingerprint density at radius 3 is 2.58 bits per heavy atom. The van der Waals surface area contributed by atoms with Gasteiger partial charge in [-0.1, -0.05) is 12.1 Å². The molecule has 3 rings (SSSR count). The summed E-state index contributed by atoms with van der Waals surface area (Å²) in [5, 5.41) is 1.92. The number of amidine groups is 1. The summed E-state index contributed by atoms with van der Waals surface area (Å²) in [4.78, 5) is 14.9. The van der Waals surface area contributed by atoms with Gasteiger partial charge < -0.3 is 0 Å². The van der Waals surface area contributed by atoms with Crippen molar-refractivity contribution in [2.24, 2.45) is 4.40 Å². The Labute approximate surface area is 158 Å². The first-order valence-corrected chi connectivity index (χ1v) is 10.5. The standard InChI is InChI=1S/C17H13FN2O3S3/c1-2-9-20-16(21)15(11-13-4-3-10-24-13)25-17(20)19-26(22,23)14-7-5-12(18)6-8-14/h2-8,10-11H,1,9H2/b15-11+,19-17?. The van der Waals surface area contributed by atoms with E-state index in [0.29, 0.717) is 4.91 Å². The molecule has 1 aromatic heterocycles. The Hall–Kier alpha value is -2.23. The molecule has 26 heavy (non-hydrogen) atoms. The molecular formula is C17H13FN2O3S3. The van der Waals surface area contributed by atoms with Gasteiger partial charge in [0.2, 0.25) is 0 Å². The maximum Gasteiger partial charge on any atom is 0.284 e. The number of benzene rings is 1. The molecule has 0 bridgehead atoms. The lowest BCUT2D eigenvalue weighted by atomic mass is 10.3. The number of nitrogens with zero attached hydrogens (tertiary/aromatic N) is 2. The summed E-state index contributed by atoms with van der Waals surface area (Å²) in [6, 6.07) is 8.07. The number of hydrogen-bond acceptors (Lipinski definition) is 5. The Balaban J connectivity index is 1.98. The van der Waals surface area contributed by atoms with Crippen molar-refractivity contribution in [3.63, 3.8) is 0 Å². The number of thiophene rings is 1. The van der Waals surface area contributed by atoms with E-state index in [1.54, 1.807) is 6.08 Å². The van der Waals surface area contributed by atoms with Crippen LogP contribution in [-0.2, 0) is 14.8 Å². The van der Waals surface area contributed by atoms with Gasteiger partial charge in [0, 0.05) is 11.4 Å². The molecular weight excluding hydrogens is 395 g/mol. The topological polar surface area (TPSA) is 66.8 Å². The normalized spacial score (nSPS) is 18.0. The first-order chi connectivity index (χ1) is 12.4. The maximum atomic E-state index is 13.0. The summed E-state index contributed by atoms with van der Waals surface area (Å²) in [6.45, 7) is 3.72. The van der Waals surface area contributed by atoms with Crippen LogP contribution < -0.4 is 0 Å². The first-order valence-electron chi connectivity index (χ1n) is 7.37. The van der Waals surface area contributed by atoms with Crippen molar-refractivity contribution in [3.8, 4) is 0 Å². The van der Waals surface area contributed by atoms with Gasteiger partial charge in [0.25, 0.3) is 15.9 Å². The van der Waals surface area contributed by atoms with Gasteiger partial charge >= 0.3 is 0 Å². The molecule has 2 heterocycles. The van der Waals surface area contributed by atoms with E-state index in [9.17, 15) is 17.6 Å². The number of thioether (sulfide) groups is 1. The Kier molecular flexibility index (Phi) is 5.40. The monoisotopic (exact) mass is 408 g/mol. The van der Waals surface area contributed by atoms with Crippen LogP contribution in [0.5, 0.6) is 0 Å². The third-order valence-corrected chi connectivity index (χ3v) is 6.55. The molecule has 5 nitrogen and oxygen atoms in total. The van der Waals surface area contributed by atoms with Crippen LogP contribution in [0.15, 0.2) is 68.6 Å². The lowest BCUT2D eigenvalue weighted by Crippen LogP contribution is -2.29. The van der Waals surface area contributed by atoms with Crippen LogP contribution >= 0.6 is 23.1 Å². The predicted molar refractivity (Wildman–Crippen MR) is 103 cm³/mol. The molecule has 1 amide bonds. The SMILES string of the molecule is C=CCN1C(=O)/C(=C\c2cccs2)SC1=NS(=O)(=O)c1ccc(F)cc1. The van der Waals surface area contributed by atoms with Crippen molar-refractivity contribution in [1.82, 2.24) is 4.90 Å². The number of rotatable bonds is 5. The minimum atomic E-state index is -4.07. The highest BCUT2D eigenvalue weighted by Gasteiger charge is 2.34. The highest BCUT2D eigenvalue weighted by atomic mass is 32.2. The minimum absolute atomic E-state index is 0.0435. The largest absolute Gasteiger partial charge is 0.284 e. The number of hydrogen-bond donors (Lipinski definition) is 0. The van der Waals surface area contributed by atoms with Gasteiger partial charge in [0.1, 0.15) is 5.82 Å². The number of carbonyl (C=O) groups is 1. The molecule has 1 aromatic carbocycles. The average Bonchev–Trinajstić information content (AvgIpc) is 3.20. The van der Waals surface area contributed by atoms with E-state index < -0.39 is 15.8 Å². The molecule has 0 spiro atoms. The van der Waals surface area contributed by atoms with Gasteiger partial charge in [-0.3, -0.25) is 9.69 Å². The van der Waals surface area contributed by atoms with Crippen LogP contribution in [0.2, 0.25) is 0 Å². The Bertz CT molecular complexity index is 994. The molecule has 1 aliphatic heterocycles. The highest BCUT2D eigenvalue weighted by molar-refractivity contribution is 8.19. The molecule has 0 saturated carbocycles. The van der Waals surface area contributed by atoms with Crippen molar-refractivity contribution < 1.29 is 17.6 Å². The molecule has 0 unspecified atom stereocenters. The van der Waals surface area contributed by atoms with Gasteiger partial charge in [0.15, 0.2) is 5.17 Å². The van der Waals surface area contributed by atoms with Crippen molar-refractivity contribution in [3.05, 3.63) is 70.0 Å². The van der Waals surface area contributed by atoms with Crippen molar-refractivity contribution in [1.29, 1.82) is 0 Å². The van der Waals surface area contributed by atoms with E-state index in [4.69, 9.17) is 0 Å². The molecule has 134 valence electrons. The number of amides is 1. The molecule has 9 heteroatoms. The van der Waals surface area contributed by atoms with Crippen molar-refractivity contribution in [2.75, 3.05) is 6.54 Å². The molecule has 1 fully saturated rings. The van der Waals surface area contributed by atoms with Crippen molar-refractivity contribution in [2.45, 2.75) is 4.90 Å². The fraction of sp³-hybridized carbons (Fsp3) is 0.0588. The third-order valence-electron chi connectivity index (χ3n) is 3.33. The lowest BCUT2D eigenvalue weighted by Gasteiger charge is -2.12. The van der Waals surface area contributed by atoms with Crippen LogP contribution in [-0.4, -0.2) is 30.9 Å². The maximum absolute atomic E-state index is 13.0. The van der Waals surface area contributed by atoms with E-state index in [1.807, 2.05) is 17.5 Å². The molecule has 0 radical (unpaired) electrons. The first kappa shape index (κ1) is 18.6. The van der Waals surface area contributed by atoms with E-state index in [2.05, 4.69) is 11.0 Å². The predicted octanol–water partition coefficient (Wildman–Crippen LogP) is 3.73. The second kappa shape index (κ2) is 7.56. The van der Waals surface area contributed by atoms with Gasteiger partial charge in [-0.15, -0.1) is 22.3 Å². The number of sulfonamides is 1. The van der Waals surface area contributed by atoms with Crippen LogP contribution in [0, 0.1) is 5.82 Å². The van der Waals surface area contributed by atoms with Gasteiger partial charge in [0.05, 0.1) is 9.80 Å². The minimum Gasteiger partial charge on any atom is -0.282 e. The molecule has 1 saturated heterocycles. The molecule has 0 N–H and O–H groups in total. The van der Waals surface area contributed by atoms with E-state index in [0.717, 1.165) is 40.9 Å². The van der Waals surface area contributed by atoms with Gasteiger partial charge in [-0.25, -0.2) is 4.39 Å². The number of carbonyl (C=O) groups excluding carboxylic acids is 1. The second-order valence-corrected chi connectivity index (χ2v) is 8.73. The molecule has 1 aliphatic rings. The summed E-state index contributed by atoms with van der Waals surface area (Å²) in [5.41, 5.74) is 0. The van der Waals surface area contributed by atoms with E-state index in [1.165, 1.54) is 22.3 Å². The Morgan fingerprint density at radius 2 is 1.96 bits per heavy atom. The molecule has 0 aliphatic carbocycles. The number of halogens is 1. The van der Waals surface area contributed by atoms with Crippen molar-refractivity contribution >= 4 is 50.3 Å². The third kappa shape index (κ3) is 3.95. The van der Waals surface area contributed by atoms with Crippen LogP contribution in [0.1, 0.15) is 4.88 Å². The zero-order valence-electron chi connectivity index (χ0n) is 13.3. The summed E-state index contributed by atoms with van der Waals surface area (Å²) < 4.78 is 41.8. The van der Waals surface area contributed by atoms with E-state index in [-0.39, 0.29) is 22.5 Å². The Morgan fingerprint density at radius 1 is 1.23 bits per heavy atom. The highest BCUT2D eigenvalue weighted by Crippen LogP contribution is 2.34. The van der Waals surface area contributed by atoms with E-state index >= 15 is 0 Å². The fourth-order valence-corrected chi connectivity index (χ4v) is 5.04. The van der Waals surface area contributed by atoms with Gasteiger partial charge in [-0.2, -0.15) is 8.42 Å². The van der Waals surface area contributed by atoms with Crippen LogP contribution in [0.4, 0.5) is 4.39 Å². The van der Waals surface area contributed by atoms with Gasteiger partial charge in [-0.05, 0) is 53.5 Å².